The molecule has 2 heterocycles. The highest BCUT2D eigenvalue weighted by molar-refractivity contribution is 5.97. The van der Waals surface area contributed by atoms with Gasteiger partial charge in [0.05, 0.1) is 7.11 Å². The van der Waals surface area contributed by atoms with Crippen LogP contribution in [-0.2, 0) is 11.2 Å². The van der Waals surface area contributed by atoms with Gasteiger partial charge in [-0.1, -0.05) is 0 Å². The monoisotopic (exact) mass is 367 g/mol. The van der Waals surface area contributed by atoms with E-state index in [2.05, 4.69) is 10.3 Å². The number of benzene rings is 1. The molecule has 8 heteroatoms. The quantitative estimate of drug-likeness (QED) is 0.627. The molecular formula is C19H17N3O5. The number of hydrogen-bond acceptors (Lipinski definition) is 6. The zero-order valence-electron chi connectivity index (χ0n) is 14.5. The van der Waals surface area contributed by atoms with E-state index in [9.17, 15) is 14.4 Å². The third kappa shape index (κ3) is 4.12. The molecule has 0 saturated carbocycles. The first-order chi connectivity index (χ1) is 13.0. The lowest BCUT2D eigenvalue weighted by Crippen LogP contribution is -2.46. The Hall–Kier alpha value is -3.68. The summed E-state index contributed by atoms with van der Waals surface area (Å²) in [5, 5.41) is 3.21. The number of primary amides is 1. The van der Waals surface area contributed by atoms with Crippen LogP contribution in [0.4, 0.5) is 0 Å². The van der Waals surface area contributed by atoms with E-state index in [1.165, 1.54) is 37.7 Å². The van der Waals surface area contributed by atoms with Crippen molar-refractivity contribution in [2.24, 2.45) is 5.73 Å². The molecule has 2 amide bonds. The van der Waals surface area contributed by atoms with E-state index < -0.39 is 23.5 Å². The maximum absolute atomic E-state index is 12.3. The summed E-state index contributed by atoms with van der Waals surface area (Å²) in [6.45, 7) is 0. The van der Waals surface area contributed by atoms with Gasteiger partial charge in [0.15, 0.2) is 0 Å². The van der Waals surface area contributed by atoms with E-state index in [4.69, 9.17) is 14.9 Å². The number of ether oxygens (including phenoxy) is 1. The second-order valence-electron chi connectivity index (χ2n) is 5.82. The summed E-state index contributed by atoms with van der Waals surface area (Å²) in [5.41, 5.74) is 6.07. The molecule has 0 radical (unpaired) electrons. The topological polar surface area (TPSA) is 125 Å². The molecule has 3 aromatic rings. The minimum atomic E-state index is -1.00. The third-order valence-corrected chi connectivity index (χ3v) is 4.05. The van der Waals surface area contributed by atoms with Crippen molar-refractivity contribution in [3.63, 3.8) is 0 Å². The molecule has 3 rings (SSSR count). The van der Waals surface area contributed by atoms with Gasteiger partial charge in [-0.25, -0.2) is 4.79 Å². The molecule has 0 aliphatic heterocycles. The van der Waals surface area contributed by atoms with Gasteiger partial charge in [-0.15, -0.1) is 0 Å². The first-order valence-electron chi connectivity index (χ1n) is 8.09. The Bertz CT molecular complexity index is 1050. The zero-order valence-corrected chi connectivity index (χ0v) is 14.5. The van der Waals surface area contributed by atoms with Crippen LogP contribution in [0.15, 0.2) is 58.0 Å². The number of hydrogen-bond donors (Lipinski definition) is 2. The first-order valence-corrected chi connectivity index (χ1v) is 8.09. The van der Waals surface area contributed by atoms with E-state index in [0.717, 1.165) is 0 Å². The summed E-state index contributed by atoms with van der Waals surface area (Å²) in [5.74, 6) is -0.650. The summed E-state index contributed by atoms with van der Waals surface area (Å²) in [4.78, 5) is 39.9. The lowest BCUT2D eigenvalue weighted by molar-refractivity contribution is -0.119. The number of amides is 2. The van der Waals surface area contributed by atoms with Gasteiger partial charge in [-0.3, -0.25) is 14.6 Å². The van der Waals surface area contributed by atoms with Gasteiger partial charge in [-0.05, 0) is 29.8 Å². The van der Waals surface area contributed by atoms with Crippen LogP contribution in [0, 0.1) is 0 Å². The molecule has 1 aromatic carbocycles. The predicted octanol–water partition coefficient (Wildman–Crippen LogP) is 1.02. The van der Waals surface area contributed by atoms with Crippen molar-refractivity contribution in [2.45, 2.75) is 12.5 Å². The van der Waals surface area contributed by atoms with E-state index in [0.29, 0.717) is 27.8 Å². The fourth-order valence-electron chi connectivity index (χ4n) is 2.69. The molecule has 0 bridgehead atoms. The molecule has 0 fully saturated rings. The minimum absolute atomic E-state index is 0.0422. The molecule has 0 aliphatic rings. The van der Waals surface area contributed by atoms with Crippen LogP contribution in [0.5, 0.6) is 5.75 Å². The van der Waals surface area contributed by atoms with Crippen LogP contribution in [-0.4, -0.2) is 29.9 Å². The first kappa shape index (κ1) is 18.1. The molecule has 138 valence electrons. The highest BCUT2D eigenvalue weighted by Gasteiger charge is 2.21. The van der Waals surface area contributed by atoms with Crippen LogP contribution in [0.25, 0.3) is 11.0 Å². The number of methoxy groups -OCH3 is 1. The van der Waals surface area contributed by atoms with E-state index in [-0.39, 0.29) is 6.42 Å². The smallest absolute Gasteiger partial charge is 0.336 e. The molecular weight excluding hydrogens is 350 g/mol. The van der Waals surface area contributed by atoms with Crippen molar-refractivity contribution in [1.82, 2.24) is 10.3 Å². The van der Waals surface area contributed by atoms with E-state index in [1.54, 1.807) is 18.2 Å². The molecule has 2 aromatic heterocycles. The van der Waals surface area contributed by atoms with Gasteiger partial charge < -0.3 is 20.2 Å². The van der Waals surface area contributed by atoms with Gasteiger partial charge in [0.1, 0.15) is 17.4 Å². The largest absolute Gasteiger partial charge is 0.497 e. The Morgan fingerprint density at radius 1 is 1.22 bits per heavy atom. The van der Waals surface area contributed by atoms with Gasteiger partial charge >= 0.3 is 5.63 Å². The molecule has 8 nitrogen and oxygen atoms in total. The Balaban J connectivity index is 1.92. The van der Waals surface area contributed by atoms with Crippen LogP contribution in [0.1, 0.15) is 15.9 Å². The van der Waals surface area contributed by atoms with Crippen molar-refractivity contribution in [3.8, 4) is 5.75 Å². The molecule has 27 heavy (non-hydrogen) atoms. The number of carbonyl (C=O) groups excluding carboxylic acids is 2. The fraction of sp³-hybridized carbons (Fsp3) is 0.158. The van der Waals surface area contributed by atoms with Crippen molar-refractivity contribution in [3.05, 3.63) is 70.3 Å². The highest BCUT2D eigenvalue weighted by atomic mass is 16.5. The Morgan fingerprint density at radius 2 is 1.96 bits per heavy atom. The van der Waals surface area contributed by atoms with Gasteiger partial charge in [0.2, 0.25) is 5.91 Å². The SMILES string of the molecule is COc1ccc2c(C[C@H](NC(=O)c3ccncc3)C(N)=O)cc(=O)oc2c1. The number of nitrogens with two attached hydrogens (primary N) is 1. The summed E-state index contributed by atoms with van der Waals surface area (Å²) in [6, 6.07) is 8.32. The highest BCUT2D eigenvalue weighted by Crippen LogP contribution is 2.23. The second-order valence-corrected chi connectivity index (χ2v) is 5.82. The third-order valence-electron chi connectivity index (χ3n) is 4.05. The molecule has 0 saturated heterocycles. The van der Waals surface area contributed by atoms with Crippen LogP contribution >= 0.6 is 0 Å². The van der Waals surface area contributed by atoms with E-state index >= 15 is 0 Å². The lowest BCUT2D eigenvalue weighted by atomic mass is 10.0. The van der Waals surface area contributed by atoms with Gasteiger partial charge in [0, 0.05) is 41.9 Å². The Morgan fingerprint density at radius 3 is 2.63 bits per heavy atom. The van der Waals surface area contributed by atoms with Crippen molar-refractivity contribution in [1.29, 1.82) is 0 Å². The lowest BCUT2D eigenvalue weighted by Gasteiger charge is -2.16. The van der Waals surface area contributed by atoms with Crippen molar-refractivity contribution < 1.29 is 18.7 Å². The van der Waals surface area contributed by atoms with Crippen LogP contribution in [0.2, 0.25) is 0 Å². The maximum Gasteiger partial charge on any atom is 0.336 e. The molecule has 3 N–H and O–H groups in total. The fourth-order valence-corrected chi connectivity index (χ4v) is 2.69. The number of fused-ring (bicyclic) bond motifs is 1. The zero-order chi connectivity index (χ0) is 19.4. The summed E-state index contributed by atoms with van der Waals surface area (Å²) in [6.07, 6.45) is 2.98. The maximum atomic E-state index is 12.3. The number of pyridine rings is 1. The standard InChI is InChI=1S/C19H17N3O5/c1-26-13-2-3-14-12(9-17(23)27-16(14)10-13)8-15(18(20)24)22-19(25)11-4-6-21-7-5-11/h2-7,9-10,15H,8H2,1H3,(H2,20,24)(H,22,25)/t15-/m0/s1. The number of rotatable bonds is 6. The summed E-state index contributed by atoms with van der Waals surface area (Å²) >= 11 is 0. The number of carbonyl (C=O) groups is 2. The second kappa shape index (κ2) is 7.69. The van der Waals surface area contributed by atoms with Crippen molar-refractivity contribution >= 4 is 22.8 Å². The van der Waals surface area contributed by atoms with E-state index in [1.807, 2.05) is 0 Å². The average Bonchev–Trinajstić information content (AvgIpc) is 2.67. The van der Waals surface area contributed by atoms with Crippen LogP contribution < -0.4 is 21.4 Å². The summed E-state index contributed by atoms with van der Waals surface area (Å²) < 4.78 is 10.3. The van der Waals surface area contributed by atoms with Crippen molar-refractivity contribution in [2.75, 3.05) is 7.11 Å². The minimum Gasteiger partial charge on any atom is -0.497 e. The molecule has 0 aliphatic carbocycles. The Kier molecular flexibility index (Phi) is 5.16. The Labute approximate surface area is 154 Å². The number of nitrogens with one attached hydrogen (secondary N) is 1. The normalized spacial score (nSPS) is 11.7. The number of aromatic nitrogens is 1. The van der Waals surface area contributed by atoms with Gasteiger partial charge in [0.25, 0.3) is 5.91 Å². The molecule has 0 unspecified atom stereocenters. The predicted molar refractivity (Wildman–Crippen MR) is 97.4 cm³/mol. The van der Waals surface area contributed by atoms with Gasteiger partial charge in [-0.2, -0.15) is 0 Å². The number of nitrogens with zero attached hydrogens (tertiary/aromatic N) is 1. The molecule has 1 atom stereocenters. The summed E-state index contributed by atoms with van der Waals surface area (Å²) in [7, 11) is 1.50. The average molecular weight is 367 g/mol. The van der Waals surface area contributed by atoms with Crippen LogP contribution in [0.3, 0.4) is 0 Å². The molecule has 0 spiro atoms.